The predicted octanol–water partition coefficient (Wildman–Crippen LogP) is 2.61. The first-order chi connectivity index (χ1) is 9.24. The zero-order valence-corrected chi connectivity index (χ0v) is 11.6. The van der Waals surface area contributed by atoms with Crippen LogP contribution in [0.4, 0.5) is 4.39 Å². The Morgan fingerprint density at radius 3 is 2.89 bits per heavy atom. The van der Waals surface area contributed by atoms with Crippen molar-refractivity contribution >= 4 is 21.6 Å². The van der Waals surface area contributed by atoms with E-state index in [0.717, 1.165) is 41.4 Å². The molecule has 0 spiro atoms. The first kappa shape index (κ1) is 13.0. The fourth-order valence-electron chi connectivity index (χ4n) is 2.59. The van der Waals surface area contributed by atoms with Gasteiger partial charge in [0.05, 0.1) is 16.8 Å². The first-order valence-corrected chi connectivity index (χ1v) is 7.53. The van der Waals surface area contributed by atoms with Crippen molar-refractivity contribution in [2.45, 2.75) is 19.4 Å². The number of halogens is 1. The Morgan fingerprint density at radius 2 is 2.16 bits per heavy atom. The summed E-state index contributed by atoms with van der Waals surface area (Å²) in [5.74, 6) is 0.493. The summed E-state index contributed by atoms with van der Waals surface area (Å²) in [6.45, 7) is 3.85. The third kappa shape index (κ3) is 2.94. The van der Waals surface area contributed by atoms with Crippen LogP contribution < -0.4 is 5.73 Å². The first-order valence-electron chi connectivity index (χ1n) is 6.72. The fourth-order valence-corrected chi connectivity index (χ4v) is 3.62. The average molecular weight is 279 g/mol. The summed E-state index contributed by atoms with van der Waals surface area (Å²) in [7, 11) is 0. The SMILES string of the molecule is NCC1CCN(Cc2nc3ccc(F)cc3s2)CC1. The fraction of sp³-hybridized carbons (Fsp3) is 0.500. The summed E-state index contributed by atoms with van der Waals surface area (Å²) in [6.07, 6.45) is 2.35. The van der Waals surface area contributed by atoms with Gasteiger partial charge in [-0.25, -0.2) is 9.37 Å². The van der Waals surface area contributed by atoms with Crippen LogP contribution in [0.15, 0.2) is 18.2 Å². The Kier molecular flexibility index (Phi) is 3.77. The molecule has 3 nitrogen and oxygen atoms in total. The van der Waals surface area contributed by atoms with Crippen LogP contribution in [0.25, 0.3) is 10.2 Å². The number of hydrogen-bond acceptors (Lipinski definition) is 4. The third-order valence-corrected chi connectivity index (χ3v) is 4.80. The quantitative estimate of drug-likeness (QED) is 0.939. The van der Waals surface area contributed by atoms with Gasteiger partial charge in [0.1, 0.15) is 10.8 Å². The smallest absolute Gasteiger partial charge is 0.124 e. The molecule has 1 aromatic heterocycles. The van der Waals surface area contributed by atoms with E-state index >= 15 is 0 Å². The lowest BCUT2D eigenvalue weighted by Gasteiger charge is -2.30. The molecule has 1 saturated heterocycles. The molecule has 0 unspecified atom stereocenters. The van der Waals surface area contributed by atoms with Crippen molar-refractivity contribution in [2.24, 2.45) is 11.7 Å². The number of hydrogen-bond donors (Lipinski definition) is 1. The molecule has 2 aromatic rings. The van der Waals surface area contributed by atoms with Gasteiger partial charge in [-0.1, -0.05) is 0 Å². The lowest BCUT2D eigenvalue weighted by atomic mass is 9.97. The molecule has 1 aliphatic heterocycles. The molecule has 0 saturated carbocycles. The maximum Gasteiger partial charge on any atom is 0.124 e. The van der Waals surface area contributed by atoms with Gasteiger partial charge in [-0.15, -0.1) is 11.3 Å². The zero-order chi connectivity index (χ0) is 13.2. The summed E-state index contributed by atoms with van der Waals surface area (Å²) >= 11 is 1.59. The van der Waals surface area contributed by atoms with Gasteiger partial charge in [-0.2, -0.15) is 0 Å². The topological polar surface area (TPSA) is 42.1 Å². The highest BCUT2D eigenvalue weighted by molar-refractivity contribution is 7.18. The maximum atomic E-state index is 13.1. The zero-order valence-electron chi connectivity index (χ0n) is 10.8. The summed E-state index contributed by atoms with van der Waals surface area (Å²) < 4.78 is 14.1. The van der Waals surface area contributed by atoms with E-state index in [1.54, 1.807) is 23.5 Å². The number of rotatable bonds is 3. The monoisotopic (exact) mass is 279 g/mol. The van der Waals surface area contributed by atoms with Gasteiger partial charge >= 0.3 is 0 Å². The van der Waals surface area contributed by atoms with Crippen molar-refractivity contribution in [1.82, 2.24) is 9.88 Å². The van der Waals surface area contributed by atoms with Gasteiger partial charge in [0.2, 0.25) is 0 Å². The highest BCUT2D eigenvalue weighted by Crippen LogP contribution is 2.25. The van der Waals surface area contributed by atoms with Crippen molar-refractivity contribution < 1.29 is 4.39 Å². The van der Waals surface area contributed by atoms with Crippen molar-refractivity contribution in [2.75, 3.05) is 19.6 Å². The summed E-state index contributed by atoms with van der Waals surface area (Å²) in [5.41, 5.74) is 6.60. The molecule has 0 amide bonds. The second-order valence-electron chi connectivity index (χ2n) is 5.17. The third-order valence-electron chi connectivity index (χ3n) is 3.79. The van der Waals surface area contributed by atoms with Crippen molar-refractivity contribution in [3.05, 3.63) is 29.0 Å². The molecule has 1 fully saturated rings. The molecule has 0 bridgehead atoms. The predicted molar refractivity (Wildman–Crippen MR) is 76.6 cm³/mol. The lowest BCUT2D eigenvalue weighted by Crippen LogP contribution is -2.35. The van der Waals surface area contributed by atoms with Gasteiger partial charge in [-0.3, -0.25) is 4.90 Å². The van der Waals surface area contributed by atoms with Crippen LogP contribution in [-0.4, -0.2) is 29.5 Å². The van der Waals surface area contributed by atoms with E-state index in [1.165, 1.54) is 18.9 Å². The van der Waals surface area contributed by atoms with Crippen molar-refractivity contribution in [1.29, 1.82) is 0 Å². The summed E-state index contributed by atoms with van der Waals surface area (Å²) in [4.78, 5) is 6.99. The van der Waals surface area contributed by atoms with Gasteiger partial charge in [0.15, 0.2) is 0 Å². The van der Waals surface area contributed by atoms with Crippen LogP contribution in [0.1, 0.15) is 17.8 Å². The van der Waals surface area contributed by atoms with Crippen LogP contribution in [-0.2, 0) is 6.54 Å². The number of likely N-dealkylation sites (tertiary alicyclic amines) is 1. The number of fused-ring (bicyclic) bond motifs is 1. The number of nitrogens with zero attached hydrogens (tertiary/aromatic N) is 2. The van der Waals surface area contributed by atoms with Crippen LogP contribution in [0, 0.1) is 11.7 Å². The van der Waals surface area contributed by atoms with E-state index in [1.807, 2.05) is 0 Å². The molecule has 0 aliphatic carbocycles. The molecule has 2 N–H and O–H groups in total. The Morgan fingerprint density at radius 1 is 1.37 bits per heavy atom. The van der Waals surface area contributed by atoms with Crippen LogP contribution in [0.2, 0.25) is 0 Å². The summed E-state index contributed by atoms with van der Waals surface area (Å²) in [6, 6.07) is 4.79. The Balaban J connectivity index is 1.68. The molecule has 1 aliphatic rings. The van der Waals surface area contributed by atoms with Gasteiger partial charge in [-0.05, 0) is 56.6 Å². The number of aromatic nitrogens is 1. The highest BCUT2D eigenvalue weighted by Gasteiger charge is 2.19. The lowest BCUT2D eigenvalue weighted by molar-refractivity contribution is 0.180. The highest BCUT2D eigenvalue weighted by atomic mass is 32.1. The van der Waals surface area contributed by atoms with E-state index in [2.05, 4.69) is 9.88 Å². The van der Waals surface area contributed by atoms with Crippen molar-refractivity contribution in [3.8, 4) is 0 Å². The summed E-state index contributed by atoms with van der Waals surface area (Å²) in [5, 5.41) is 1.08. The van der Waals surface area contributed by atoms with Gasteiger partial charge in [0.25, 0.3) is 0 Å². The molecule has 0 atom stereocenters. The van der Waals surface area contributed by atoms with Crippen LogP contribution in [0.3, 0.4) is 0 Å². The van der Waals surface area contributed by atoms with Crippen LogP contribution in [0.5, 0.6) is 0 Å². The average Bonchev–Trinajstić information content (AvgIpc) is 2.81. The number of piperidine rings is 1. The second-order valence-corrected chi connectivity index (χ2v) is 6.29. The van der Waals surface area contributed by atoms with Crippen LogP contribution >= 0.6 is 11.3 Å². The normalized spacial score (nSPS) is 18.2. The molecule has 5 heteroatoms. The number of thiazole rings is 1. The van der Waals surface area contributed by atoms with Gasteiger partial charge < -0.3 is 5.73 Å². The van der Waals surface area contributed by atoms with E-state index in [9.17, 15) is 4.39 Å². The van der Waals surface area contributed by atoms with E-state index in [4.69, 9.17) is 5.73 Å². The maximum absolute atomic E-state index is 13.1. The second kappa shape index (κ2) is 5.53. The Labute approximate surface area is 116 Å². The van der Waals surface area contributed by atoms with E-state index < -0.39 is 0 Å². The largest absolute Gasteiger partial charge is 0.330 e. The molecular weight excluding hydrogens is 261 g/mol. The van der Waals surface area contributed by atoms with E-state index in [0.29, 0.717) is 5.92 Å². The molecule has 3 rings (SSSR count). The Hall–Kier alpha value is -1.04. The number of nitrogens with two attached hydrogens (primary N) is 1. The number of benzene rings is 1. The molecule has 0 radical (unpaired) electrons. The Bertz CT molecular complexity index is 561. The molecule has 19 heavy (non-hydrogen) atoms. The minimum absolute atomic E-state index is 0.188. The van der Waals surface area contributed by atoms with Gasteiger partial charge in [0, 0.05) is 0 Å². The van der Waals surface area contributed by atoms with E-state index in [-0.39, 0.29) is 5.82 Å². The molecular formula is C14H18FN3S. The standard InChI is InChI=1S/C14H18FN3S/c15-11-1-2-12-13(7-11)19-14(17-12)9-18-5-3-10(8-16)4-6-18/h1-2,7,10H,3-6,8-9,16H2. The molecule has 2 heterocycles. The van der Waals surface area contributed by atoms with Crippen molar-refractivity contribution in [3.63, 3.8) is 0 Å². The minimum atomic E-state index is -0.188. The molecule has 102 valence electrons. The molecule has 1 aromatic carbocycles. The minimum Gasteiger partial charge on any atom is -0.330 e.